The Balaban J connectivity index is 2.16. The van der Waals surface area contributed by atoms with Crippen LogP contribution in [0.2, 0.25) is 5.02 Å². The van der Waals surface area contributed by atoms with Gasteiger partial charge in [0.25, 0.3) is 5.91 Å². The topological polar surface area (TPSA) is 56.8 Å². The molecule has 1 amide bonds. The third kappa shape index (κ3) is 5.19. The van der Waals surface area contributed by atoms with Gasteiger partial charge < -0.3 is 19.5 Å². The van der Waals surface area contributed by atoms with E-state index in [0.29, 0.717) is 18.1 Å². The Labute approximate surface area is 152 Å². The number of carbonyl (C=O) groups excluding carboxylic acids is 1. The molecule has 2 aromatic rings. The fraction of sp³-hybridized carbons (Fsp3) is 0.235. The number of carbonyl (C=O) groups is 1. The highest BCUT2D eigenvalue weighted by atomic mass is 35.5. The Morgan fingerprint density at radius 3 is 2.38 bits per heavy atom. The van der Waals surface area contributed by atoms with Crippen molar-refractivity contribution in [3.05, 3.63) is 47.0 Å². The molecule has 5 nitrogen and oxygen atoms in total. The number of halogens is 4. The Hall–Kier alpha value is -2.61. The maximum atomic E-state index is 12.3. The van der Waals surface area contributed by atoms with Crippen LogP contribution < -0.4 is 19.5 Å². The number of methoxy groups -OCH3 is 1. The van der Waals surface area contributed by atoms with Crippen LogP contribution in [0.15, 0.2) is 36.4 Å². The third-order valence-electron chi connectivity index (χ3n) is 3.13. The van der Waals surface area contributed by atoms with Crippen LogP contribution in [0.3, 0.4) is 0 Å². The van der Waals surface area contributed by atoms with Gasteiger partial charge in [-0.2, -0.15) is 0 Å². The standard InChI is InChI=1S/C17H15ClF3NO4/c1-3-25-15-13(18)8-10(9-14(15)24-2)16(23)22-11-4-6-12(7-5-11)26-17(19,20)21/h4-9H,3H2,1-2H3,(H,22,23). The van der Waals surface area contributed by atoms with E-state index < -0.39 is 12.3 Å². The van der Waals surface area contributed by atoms with Crippen LogP contribution in [-0.2, 0) is 0 Å². The summed E-state index contributed by atoms with van der Waals surface area (Å²) in [5.74, 6) is -0.292. The predicted molar refractivity (Wildman–Crippen MR) is 90.3 cm³/mol. The van der Waals surface area contributed by atoms with E-state index in [-0.39, 0.29) is 22.0 Å². The van der Waals surface area contributed by atoms with Crippen molar-refractivity contribution in [3.8, 4) is 17.2 Å². The van der Waals surface area contributed by atoms with Crippen molar-refractivity contribution < 1.29 is 32.2 Å². The molecule has 0 radical (unpaired) electrons. The fourth-order valence-corrected chi connectivity index (χ4v) is 2.34. The van der Waals surface area contributed by atoms with Crippen LogP contribution in [0.5, 0.6) is 17.2 Å². The first-order valence-corrected chi connectivity index (χ1v) is 7.78. The van der Waals surface area contributed by atoms with Gasteiger partial charge in [-0.15, -0.1) is 13.2 Å². The van der Waals surface area contributed by atoms with Crippen LogP contribution in [0.25, 0.3) is 0 Å². The van der Waals surface area contributed by atoms with Gasteiger partial charge in [0.05, 0.1) is 18.7 Å². The second-order valence-corrected chi connectivity index (χ2v) is 5.36. The zero-order chi connectivity index (χ0) is 19.3. The van der Waals surface area contributed by atoms with Gasteiger partial charge in [0, 0.05) is 11.3 Å². The van der Waals surface area contributed by atoms with Crippen molar-refractivity contribution in [2.75, 3.05) is 19.0 Å². The van der Waals surface area contributed by atoms with Gasteiger partial charge in [0.1, 0.15) is 5.75 Å². The van der Waals surface area contributed by atoms with Crippen LogP contribution in [0.1, 0.15) is 17.3 Å². The molecule has 0 saturated carbocycles. The van der Waals surface area contributed by atoms with Crippen molar-refractivity contribution >= 4 is 23.2 Å². The molecule has 0 bridgehead atoms. The highest BCUT2D eigenvalue weighted by Gasteiger charge is 2.31. The van der Waals surface area contributed by atoms with Crippen LogP contribution in [-0.4, -0.2) is 26.0 Å². The summed E-state index contributed by atoms with van der Waals surface area (Å²) in [4.78, 5) is 12.3. The van der Waals surface area contributed by atoms with Gasteiger partial charge in [0.15, 0.2) is 11.5 Å². The molecular weight excluding hydrogens is 375 g/mol. The molecule has 0 heterocycles. The second-order valence-electron chi connectivity index (χ2n) is 4.95. The lowest BCUT2D eigenvalue weighted by Gasteiger charge is -2.13. The minimum Gasteiger partial charge on any atom is -0.493 e. The van der Waals surface area contributed by atoms with E-state index in [1.165, 1.54) is 31.4 Å². The number of anilines is 1. The van der Waals surface area contributed by atoms with Gasteiger partial charge in [0.2, 0.25) is 0 Å². The summed E-state index contributed by atoms with van der Waals surface area (Å²) in [6.45, 7) is 2.15. The van der Waals surface area contributed by atoms with Crippen molar-refractivity contribution in [1.82, 2.24) is 0 Å². The lowest BCUT2D eigenvalue weighted by atomic mass is 10.1. The highest BCUT2D eigenvalue weighted by Crippen LogP contribution is 2.36. The average Bonchev–Trinajstić information content (AvgIpc) is 2.57. The largest absolute Gasteiger partial charge is 0.573 e. The fourth-order valence-electron chi connectivity index (χ4n) is 2.08. The Bertz CT molecular complexity index is 779. The molecule has 1 N–H and O–H groups in total. The molecule has 0 aliphatic heterocycles. The van der Waals surface area contributed by atoms with Crippen LogP contribution in [0, 0.1) is 0 Å². The average molecular weight is 390 g/mol. The zero-order valence-corrected chi connectivity index (χ0v) is 14.6. The lowest BCUT2D eigenvalue weighted by Crippen LogP contribution is -2.17. The molecule has 0 unspecified atom stereocenters. The summed E-state index contributed by atoms with van der Waals surface area (Å²) in [6.07, 6.45) is -4.78. The third-order valence-corrected chi connectivity index (χ3v) is 3.41. The summed E-state index contributed by atoms with van der Waals surface area (Å²) in [7, 11) is 1.41. The van der Waals surface area contributed by atoms with E-state index in [9.17, 15) is 18.0 Å². The van der Waals surface area contributed by atoms with E-state index in [1.54, 1.807) is 6.92 Å². The molecule has 0 aliphatic rings. The van der Waals surface area contributed by atoms with Crippen LogP contribution >= 0.6 is 11.6 Å². The molecule has 0 fully saturated rings. The molecule has 0 aliphatic carbocycles. The second kappa shape index (κ2) is 8.18. The lowest BCUT2D eigenvalue weighted by molar-refractivity contribution is -0.274. The molecule has 26 heavy (non-hydrogen) atoms. The van der Waals surface area contributed by atoms with Crippen molar-refractivity contribution in [2.24, 2.45) is 0 Å². The number of hydrogen-bond donors (Lipinski definition) is 1. The van der Waals surface area contributed by atoms with E-state index in [4.69, 9.17) is 21.1 Å². The molecule has 0 aromatic heterocycles. The van der Waals surface area contributed by atoms with Crippen molar-refractivity contribution in [3.63, 3.8) is 0 Å². The van der Waals surface area contributed by atoms with E-state index >= 15 is 0 Å². The number of benzene rings is 2. The summed E-state index contributed by atoms with van der Waals surface area (Å²) >= 11 is 6.11. The quantitative estimate of drug-likeness (QED) is 0.763. The molecule has 0 atom stereocenters. The van der Waals surface area contributed by atoms with Gasteiger partial charge >= 0.3 is 6.36 Å². The minimum absolute atomic E-state index is 0.199. The van der Waals surface area contributed by atoms with Crippen LogP contribution in [0.4, 0.5) is 18.9 Å². The summed E-state index contributed by atoms with van der Waals surface area (Å²) in [5, 5.41) is 2.75. The molecule has 2 aromatic carbocycles. The number of alkyl halides is 3. The van der Waals surface area contributed by atoms with Crippen molar-refractivity contribution in [1.29, 1.82) is 0 Å². The maximum Gasteiger partial charge on any atom is 0.573 e. The smallest absolute Gasteiger partial charge is 0.493 e. The van der Waals surface area contributed by atoms with Gasteiger partial charge in [-0.1, -0.05) is 11.6 Å². The van der Waals surface area contributed by atoms with Gasteiger partial charge in [-0.25, -0.2) is 0 Å². The number of amides is 1. The molecule has 0 spiro atoms. The first-order valence-electron chi connectivity index (χ1n) is 7.41. The number of nitrogens with one attached hydrogen (secondary N) is 1. The number of rotatable bonds is 6. The normalized spacial score (nSPS) is 11.0. The maximum absolute atomic E-state index is 12.3. The first-order chi connectivity index (χ1) is 12.2. The Morgan fingerprint density at radius 2 is 1.85 bits per heavy atom. The SMILES string of the molecule is CCOc1c(Cl)cc(C(=O)Nc2ccc(OC(F)(F)F)cc2)cc1OC. The highest BCUT2D eigenvalue weighted by molar-refractivity contribution is 6.32. The minimum atomic E-state index is -4.78. The summed E-state index contributed by atoms with van der Waals surface area (Å²) < 4.78 is 50.7. The van der Waals surface area contributed by atoms with E-state index in [2.05, 4.69) is 10.1 Å². The Kier molecular flexibility index (Phi) is 6.20. The van der Waals surface area contributed by atoms with E-state index in [1.807, 2.05) is 0 Å². The predicted octanol–water partition coefficient (Wildman–Crippen LogP) is 4.90. The molecule has 9 heteroatoms. The van der Waals surface area contributed by atoms with Crippen molar-refractivity contribution in [2.45, 2.75) is 13.3 Å². The summed E-state index contributed by atoms with van der Waals surface area (Å²) in [5.41, 5.74) is 0.486. The summed E-state index contributed by atoms with van der Waals surface area (Å²) in [6, 6.07) is 7.61. The Morgan fingerprint density at radius 1 is 1.19 bits per heavy atom. The number of hydrogen-bond acceptors (Lipinski definition) is 4. The van der Waals surface area contributed by atoms with Gasteiger partial charge in [-0.05, 0) is 43.3 Å². The molecule has 140 valence electrons. The zero-order valence-electron chi connectivity index (χ0n) is 13.8. The first kappa shape index (κ1) is 19.7. The number of ether oxygens (including phenoxy) is 3. The van der Waals surface area contributed by atoms with E-state index in [0.717, 1.165) is 12.1 Å². The molecular formula is C17H15ClF3NO4. The monoisotopic (exact) mass is 389 g/mol. The van der Waals surface area contributed by atoms with Gasteiger partial charge in [-0.3, -0.25) is 4.79 Å². The molecule has 0 saturated heterocycles. The molecule has 2 rings (SSSR count).